The van der Waals surface area contributed by atoms with E-state index in [0.29, 0.717) is 25.7 Å². The average molecular weight is 348 g/mol. The Morgan fingerprint density at radius 2 is 1.88 bits per heavy atom. The van der Waals surface area contributed by atoms with Gasteiger partial charge < -0.3 is 15.3 Å². The summed E-state index contributed by atoms with van der Waals surface area (Å²) in [6.07, 6.45) is 6.98. The van der Waals surface area contributed by atoms with Crippen molar-refractivity contribution in [3.05, 3.63) is 30.3 Å². The number of para-hydroxylation sites is 1. The van der Waals surface area contributed by atoms with E-state index in [1.165, 1.54) is 24.9 Å². The van der Waals surface area contributed by atoms with Crippen molar-refractivity contribution in [2.75, 3.05) is 44.7 Å². The molecule has 1 aromatic carbocycles. The van der Waals surface area contributed by atoms with Crippen LogP contribution in [0.1, 0.15) is 38.5 Å². The number of carbonyl (C=O) groups excluding carboxylic acids is 1. The molecule has 0 aromatic heterocycles. The molecule has 0 atom stereocenters. The van der Waals surface area contributed by atoms with Crippen LogP contribution < -0.4 is 10.2 Å². The Labute approximate surface area is 152 Å². The molecule has 1 saturated carbocycles. The monoisotopic (exact) mass is 347 g/mol. The van der Waals surface area contributed by atoms with Crippen LogP contribution in [-0.2, 0) is 4.79 Å². The van der Waals surface area contributed by atoms with Crippen LogP contribution in [0.25, 0.3) is 0 Å². The molecule has 1 aromatic rings. The number of nitrogens with zero attached hydrogens (tertiary/aromatic N) is 2. The predicted octanol–water partition coefficient (Wildman–Crippen LogP) is 2.26. The Hall–Kier alpha value is -1.59. The van der Waals surface area contributed by atoms with Gasteiger partial charge in [-0.15, -0.1) is 0 Å². The first-order valence-electron chi connectivity index (χ1n) is 9.58. The highest BCUT2D eigenvalue weighted by atomic mass is 16.3. The Morgan fingerprint density at radius 1 is 1.16 bits per heavy atom. The van der Waals surface area contributed by atoms with Crippen molar-refractivity contribution in [1.29, 1.82) is 0 Å². The summed E-state index contributed by atoms with van der Waals surface area (Å²) < 4.78 is 0. The van der Waals surface area contributed by atoms with Crippen molar-refractivity contribution in [2.45, 2.75) is 44.6 Å². The molecular formula is C20H33N3O2. The number of hydrogen-bond acceptors (Lipinski definition) is 4. The first kappa shape index (κ1) is 19.7. The molecular weight excluding hydrogens is 314 g/mol. The molecule has 0 bridgehead atoms. The SMILES string of the molecule is CN(CCCNC(=O)CN(CCO)C1CCCCC1)c1ccccc1. The minimum atomic E-state index is 0.0707. The molecule has 140 valence electrons. The third-order valence-corrected chi connectivity index (χ3v) is 5.01. The number of carbonyl (C=O) groups is 1. The van der Waals surface area contributed by atoms with Gasteiger partial charge in [0.15, 0.2) is 0 Å². The van der Waals surface area contributed by atoms with Crippen LogP contribution in [0.2, 0.25) is 0 Å². The largest absolute Gasteiger partial charge is 0.395 e. The van der Waals surface area contributed by atoms with E-state index in [4.69, 9.17) is 0 Å². The summed E-state index contributed by atoms with van der Waals surface area (Å²) in [4.78, 5) is 16.6. The van der Waals surface area contributed by atoms with Crippen LogP contribution in [0.5, 0.6) is 0 Å². The second-order valence-electron chi connectivity index (χ2n) is 6.95. The van der Waals surface area contributed by atoms with Crippen molar-refractivity contribution >= 4 is 11.6 Å². The van der Waals surface area contributed by atoms with Crippen LogP contribution in [0.3, 0.4) is 0 Å². The lowest BCUT2D eigenvalue weighted by atomic mass is 9.94. The number of hydrogen-bond donors (Lipinski definition) is 2. The normalized spacial score (nSPS) is 15.3. The van der Waals surface area contributed by atoms with E-state index in [1.54, 1.807) is 0 Å². The highest BCUT2D eigenvalue weighted by Gasteiger charge is 2.22. The molecule has 1 amide bonds. The number of rotatable bonds is 10. The number of nitrogens with one attached hydrogen (secondary N) is 1. The van der Waals surface area contributed by atoms with E-state index < -0.39 is 0 Å². The van der Waals surface area contributed by atoms with Gasteiger partial charge in [-0.3, -0.25) is 9.69 Å². The van der Waals surface area contributed by atoms with E-state index in [2.05, 4.69) is 34.3 Å². The van der Waals surface area contributed by atoms with Gasteiger partial charge in [0, 0.05) is 38.4 Å². The molecule has 0 aliphatic heterocycles. The summed E-state index contributed by atoms with van der Waals surface area (Å²) >= 11 is 0. The van der Waals surface area contributed by atoms with Gasteiger partial charge >= 0.3 is 0 Å². The van der Waals surface area contributed by atoms with Crippen molar-refractivity contribution in [1.82, 2.24) is 10.2 Å². The summed E-state index contributed by atoms with van der Waals surface area (Å²) in [6.45, 7) is 2.71. The molecule has 0 saturated heterocycles. The molecule has 5 heteroatoms. The third-order valence-electron chi connectivity index (χ3n) is 5.01. The number of aliphatic hydroxyl groups excluding tert-OH is 1. The first-order chi connectivity index (χ1) is 12.2. The van der Waals surface area contributed by atoms with Crippen molar-refractivity contribution < 1.29 is 9.90 Å². The van der Waals surface area contributed by atoms with Crippen LogP contribution in [0, 0.1) is 0 Å². The van der Waals surface area contributed by atoms with Gasteiger partial charge in [-0.25, -0.2) is 0 Å². The maximum absolute atomic E-state index is 12.2. The molecule has 0 unspecified atom stereocenters. The number of anilines is 1. The smallest absolute Gasteiger partial charge is 0.234 e. The summed E-state index contributed by atoms with van der Waals surface area (Å²) in [6, 6.07) is 10.7. The van der Waals surface area contributed by atoms with Crippen LogP contribution in [0.15, 0.2) is 30.3 Å². The second-order valence-corrected chi connectivity index (χ2v) is 6.95. The molecule has 2 rings (SSSR count). The Kier molecular flexibility index (Phi) is 8.77. The van der Waals surface area contributed by atoms with Crippen molar-refractivity contribution in [3.8, 4) is 0 Å². The van der Waals surface area contributed by atoms with Crippen molar-refractivity contribution in [3.63, 3.8) is 0 Å². The Bertz CT molecular complexity index is 489. The predicted molar refractivity (Wildman–Crippen MR) is 103 cm³/mol. The van der Waals surface area contributed by atoms with Crippen LogP contribution in [-0.4, -0.2) is 61.8 Å². The van der Waals surface area contributed by atoms with E-state index in [0.717, 1.165) is 25.8 Å². The maximum Gasteiger partial charge on any atom is 0.234 e. The fourth-order valence-corrected chi connectivity index (χ4v) is 3.56. The first-order valence-corrected chi connectivity index (χ1v) is 9.58. The van der Waals surface area contributed by atoms with Gasteiger partial charge in [0.05, 0.1) is 13.2 Å². The highest BCUT2D eigenvalue weighted by Crippen LogP contribution is 2.22. The van der Waals surface area contributed by atoms with Gasteiger partial charge in [-0.05, 0) is 31.4 Å². The minimum Gasteiger partial charge on any atom is -0.395 e. The maximum atomic E-state index is 12.2. The Morgan fingerprint density at radius 3 is 2.56 bits per heavy atom. The molecule has 0 heterocycles. The molecule has 0 radical (unpaired) electrons. The second kappa shape index (κ2) is 11.1. The van der Waals surface area contributed by atoms with Gasteiger partial charge in [0.2, 0.25) is 5.91 Å². The van der Waals surface area contributed by atoms with Crippen LogP contribution in [0.4, 0.5) is 5.69 Å². The van der Waals surface area contributed by atoms with E-state index in [9.17, 15) is 9.90 Å². The van der Waals surface area contributed by atoms with Gasteiger partial charge in [-0.1, -0.05) is 37.5 Å². The molecule has 1 aliphatic rings. The average Bonchev–Trinajstić information content (AvgIpc) is 2.66. The standard InChI is InChI=1S/C20H33N3O2/c1-22(18-9-4-2-5-10-18)14-8-13-21-20(25)17-23(15-16-24)19-11-6-3-7-12-19/h2,4-5,9-10,19,24H,3,6-8,11-17H2,1H3,(H,21,25). The zero-order chi connectivity index (χ0) is 17.9. The molecule has 1 aliphatic carbocycles. The van der Waals surface area contributed by atoms with E-state index in [1.807, 2.05) is 18.2 Å². The minimum absolute atomic E-state index is 0.0707. The Balaban J connectivity index is 1.66. The zero-order valence-electron chi connectivity index (χ0n) is 15.5. The van der Waals surface area contributed by atoms with Gasteiger partial charge in [-0.2, -0.15) is 0 Å². The molecule has 2 N–H and O–H groups in total. The summed E-state index contributed by atoms with van der Waals surface area (Å²) in [5, 5.41) is 12.3. The highest BCUT2D eigenvalue weighted by molar-refractivity contribution is 5.78. The summed E-state index contributed by atoms with van der Waals surface area (Å²) in [5.41, 5.74) is 1.19. The lowest BCUT2D eigenvalue weighted by Crippen LogP contribution is -2.45. The molecule has 1 fully saturated rings. The fraction of sp³-hybridized carbons (Fsp3) is 0.650. The zero-order valence-corrected chi connectivity index (χ0v) is 15.5. The lowest BCUT2D eigenvalue weighted by molar-refractivity contribution is -0.123. The molecule has 5 nitrogen and oxygen atoms in total. The van der Waals surface area contributed by atoms with E-state index in [-0.39, 0.29) is 12.5 Å². The number of aliphatic hydroxyl groups is 1. The summed E-state index contributed by atoms with van der Waals surface area (Å²) in [7, 11) is 2.07. The molecule has 0 spiro atoms. The topological polar surface area (TPSA) is 55.8 Å². The fourth-order valence-electron chi connectivity index (χ4n) is 3.56. The van der Waals surface area contributed by atoms with E-state index >= 15 is 0 Å². The lowest BCUT2D eigenvalue weighted by Gasteiger charge is -2.33. The van der Waals surface area contributed by atoms with Gasteiger partial charge in [0.25, 0.3) is 0 Å². The molecule has 25 heavy (non-hydrogen) atoms. The van der Waals surface area contributed by atoms with Crippen molar-refractivity contribution in [2.24, 2.45) is 0 Å². The summed E-state index contributed by atoms with van der Waals surface area (Å²) in [5.74, 6) is 0.0707. The number of amides is 1. The van der Waals surface area contributed by atoms with Crippen LogP contribution >= 0.6 is 0 Å². The third kappa shape index (κ3) is 7.04. The van der Waals surface area contributed by atoms with Gasteiger partial charge in [0.1, 0.15) is 0 Å². The quantitative estimate of drug-likeness (QED) is 0.638. The number of benzene rings is 1.